The number of primary amides is 1. The van der Waals surface area contributed by atoms with Gasteiger partial charge in [0.1, 0.15) is 5.75 Å². The molecule has 0 saturated carbocycles. The summed E-state index contributed by atoms with van der Waals surface area (Å²) >= 11 is 0. The molecule has 1 aromatic carbocycles. The van der Waals surface area contributed by atoms with Crippen LogP contribution in [0.2, 0.25) is 0 Å². The molecule has 2 aliphatic heterocycles. The van der Waals surface area contributed by atoms with Crippen molar-refractivity contribution in [1.82, 2.24) is 9.80 Å². The first-order chi connectivity index (χ1) is 12.1. The molecule has 2 N–H and O–H groups in total. The van der Waals surface area contributed by atoms with E-state index in [1.165, 1.54) is 12.8 Å². The first-order valence-corrected chi connectivity index (χ1v) is 9.16. The second-order valence-corrected chi connectivity index (χ2v) is 6.83. The Morgan fingerprint density at radius 3 is 2.48 bits per heavy atom. The van der Waals surface area contributed by atoms with Crippen LogP contribution in [0.3, 0.4) is 0 Å². The van der Waals surface area contributed by atoms with Crippen molar-refractivity contribution in [3.8, 4) is 5.75 Å². The van der Waals surface area contributed by atoms with Crippen LogP contribution in [0.5, 0.6) is 5.75 Å². The average molecular weight is 345 g/mol. The van der Waals surface area contributed by atoms with Gasteiger partial charge in [-0.3, -0.25) is 14.5 Å². The lowest BCUT2D eigenvalue weighted by Gasteiger charge is -2.34. The minimum absolute atomic E-state index is 0.0897. The van der Waals surface area contributed by atoms with Gasteiger partial charge in [-0.05, 0) is 63.0 Å². The summed E-state index contributed by atoms with van der Waals surface area (Å²) in [5, 5.41) is 0. The predicted octanol–water partition coefficient (Wildman–Crippen LogP) is 1.64. The molecule has 3 rings (SSSR count). The molecule has 0 aromatic heterocycles. The summed E-state index contributed by atoms with van der Waals surface area (Å²) in [4.78, 5) is 28.3. The molecule has 2 aliphatic rings. The van der Waals surface area contributed by atoms with Crippen LogP contribution in [0, 0.1) is 0 Å². The zero-order chi connectivity index (χ0) is 17.8. The van der Waals surface area contributed by atoms with E-state index >= 15 is 0 Å². The summed E-state index contributed by atoms with van der Waals surface area (Å²) in [6.45, 7) is 5.07. The zero-order valence-electron chi connectivity index (χ0n) is 14.8. The highest BCUT2D eigenvalue weighted by Gasteiger charge is 2.39. The van der Waals surface area contributed by atoms with Crippen LogP contribution in [0.25, 0.3) is 0 Å². The van der Waals surface area contributed by atoms with Gasteiger partial charge in [0.15, 0.2) is 6.61 Å². The number of hydrogen-bond donors (Lipinski definition) is 1. The van der Waals surface area contributed by atoms with E-state index in [2.05, 4.69) is 16.7 Å². The van der Waals surface area contributed by atoms with E-state index in [9.17, 15) is 9.59 Å². The number of likely N-dealkylation sites (N-methyl/N-ethyl adjacent to an activating group) is 1. The molecule has 6 heteroatoms. The van der Waals surface area contributed by atoms with E-state index in [-0.39, 0.29) is 12.5 Å². The summed E-state index contributed by atoms with van der Waals surface area (Å²) < 4.78 is 5.25. The molecule has 136 valence electrons. The summed E-state index contributed by atoms with van der Waals surface area (Å²) in [5.41, 5.74) is 5.74. The third-order valence-corrected chi connectivity index (χ3v) is 5.31. The van der Waals surface area contributed by atoms with Crippen LogP contribution in [0.1, 0.15) is 43.0 Å². The number of nitrogens with two attached hydrogens (primary N) is 1. The van der Waals surface area contributed by atoms with Gasteiger partial charge < -0.3 is 15.4 Å². The van der Waals surface area contributed by atoms with Crippen molar-refractivity contribution in [3.05, 3.63) is 29.8 Å². The van der Waals surface area contributed by atoms with E-state index in [1.54, 1.807) is 24.3 Å². The van der Waals surface area contributed by atoms with Crippen molar-refractivity contribution >= 4 is 11.8 Å². The molecule has 2 saturated heterocycles. The average Bonchev–Trinajstić information content (AvgIpc) is 3.27. The van der Waals surface area contributed by atoms with E-state index in [0.717, 1.165) is 32.5 Å². The number of nitrogens with zero attached hydrogens (tertiary/aromatic N) is 2. The highest BCUT2D eigenvalue weighted by Crippen LogP contribution is 2.31. The lowest BCUT2D eigenvalue weighted by atomic mass is 10.0. The van der Waals surface area contributed by atoms with E-state index in [0.29, 0.717) is 23.4 Å². The lowest BCUT2D eigenvalue weighted by Crippen LogP contribution is -2.48. The minimum atomic E-state index is -0.517. The predicted molar refractivity (Wildman–Crippen MR) is 95.5 cm³/mol. The maximum absolute atomic E-state index is 13.0. The molecule has 0 aliphatic carbocycles. The smallest absolute Gasteiger partial charge is 0.255 e. The zero-order valence-corrected chi connectivity index (χ0v) is 14.8. The Kier molecular flexibility index (Phi) is 5.58. The van der Waals surface area contributed by atoms with Gasteiger partial charge >= 0.3 is 0 Å². The highest BCUT2D eigenvalue weighted by atomic mass is 16.5. The quantitative estimate of drug-likeness (QED) is 0.850. The van der Waals surface area contributed by atoms with Crippen molar-refractivity contribution in [2.75, 3.05) is 26.2 Å². The van der Waals surface area contributed by atoms with Gasteiger partial charge in [0.05, 0.1) is 0 Å². The second kappa shape index (κ2) is 7.87. The summed E-state index contributed by atoms with van der Waals surface area (Å²) in [6, 6.07) is 7.78. The van der Waals surface area contributed by atoms with Gasteiger partial charge in [0.2, 0.25) is 0 Å². The molecule has 0 radical (unpaired) electrons. The van der Waals surface area contributed by atoms with Crippen LogP contribution < -0.4 is 10.5 Å². The molecule has 0 spiro atoms. The fraction of sp³-hybridized carbons (Fsp3) is 0.579. The fourth-order valence-electron chi connectivity index (χ4n) is 4.14. The number of likely N-dealkylation sites (tertiary alicyclic amines) is 2. The molecule has 2 unspecified atom stereocenters. The first-order valence-electron chi connectivity index (χ1n) is 9.16. The molecule has 1 aromatic rings. The molecule has 6 nitrogen and oxygen atoms in total. The van der Waals surface area contributed by atoms with E-state index in [4.69, 9.17) is 10.5 Å². The standard InChI is InChI=1S/C19H27N3O3/c1-2-21-11-3-5-16(21)17-6-4-12-22(17)19(24)14-7-9-15(10-8-14)25-13-18(20)23/h7-10,16-17H,2-6,11-13H2,1H3,(H2,20,23). The monoisotopic (exact) mass is 345 g/mol. The van der Waals surface area contributed by atoms with Crippen LogP contribution in [0.15, 0.2) is 24.3 Å². The Hall–Kier alpha value is -2.08. The molecule has 2 atom stereocenters. The van der Waals surface area contributed by atoms with Crippen LogP contribution >= 0.6 is 0 Å². The van der Waals surface area contributed by atoms with Gasteiger partial charge in [0, 0.05) is 24.2 Å². The number of rotatable bonds is 6. The molecule has 25 heavy (non-hydrogen) atoms. The van der Waals surface area contributed by atoms with Crippen molar-refractivity contribution < 1.29 is 14.3 Å². The largest absolute Gasteiger partial charge is 0.484 e. The minimum Gasteiger partial charge on any atom is -0.484 e. The number of ether oxygens (including phenoxy) is 1. The Bertz CT molecular complexity index is 617. The third-order valence-electron chi connectivity index (χ3n) is 5.31. The maximum atomic E-state index is 13.0. The molecular formula is C19H27N3O3. The summed E-state index contributed by atoms with van der Waals surface area (Å²) in [5.74, 6) is 0.116. The summed E-state index contributed by atoms with van der Waals surface area (Å²) in [7, 11) is 0. The topological polar surface area (TPSA) is 75.9 Å². The normalized spacial score (nSPS) is 23.8. The van der Waals surface area contributed by atoms with Gasteiger partial charge in [-0.15, -0.1) is 0 Å². The van der Waals surface area contributed by atoms with Crippen LogP contribution in [-0.2, 0) is 4.79 Å². The summed E-state index contributed by atoms with van der Waals surface area (Å²) in [6.07, 6.45) is 4.57. The van der Waals surface area contributed by atoms with Crippen molar-refractivity contribution in [2.24, 2.45) is 5.73 Å². The Morgan fingerprint density at radius 1 is 1.12 bits per heavy atom. The van der Waals surface area contributed by atoms with E-state index in [1.807, 2.05) is 0 Å². The number of carbonyl (C=O) groups is 2. The lowest BCUT2D eigenvalue weighted by molar-refractivity contribution is -0.119. The molecule has 2 heterocycles. The van der Waals surface area contributed by atoms with Gasteiger partial charge in [0.25, 0.3) is 11.8 Å². The van der Waals surface area contributed by atoms with Gasteiger partial charge in [-0.2, -0.15) is 0 Å². The van der Waals surface area contributed by atoms with Crippen LogP contribution in [-0.4, -0.2) is 59.9 Å². The number of benzene rings is 1. The van der Waals surface area contributed by atoms with Gasteiger partial charge in [-0.25, -0.2) is 0 Å². The maximum Gasteiger partial charge on any atom is 0.255 e. The molecule has 2 fully saturated rings. The number of carbonyl (C=O) groups excluding carboxylic acids is 2. The Balaban J connectivity index is 1.68. The van der Waals surface area contributed by atoms with Crippen molar-refractivity contribution in [3.63, 3.8) is 0 Å². The molecule has 0 bridgehead atoms. The van der Waals surface area contributed by atoms with Crippen LogP contribution in [0.4, 0.5) is 0 Å². The van der Waals surface area contributed by atoms with Gasteiger partial charge in [-0.1, -0.05) is 6.92 Å². The SMILES string of the molecule is CCN1CCCC1C1CCCN1C(=O)c1ccc(OCC(N)=O)cc1. The fourth-order valence-corrected chi connectivity index (χ4v) is 4.14. The highest BCUT2D eigenvalue weighted by molar-refractivity contribution is 5.94. The Morgan fingerprint density at radius 2 is 1.80 bits per heavy atom. The van der Waals surface area contributed by atoms with Crippen molar-refractivity contribution in [2.45, 2.75) is 44.7 Å². The Labute approximate surface area is 148 Å². The number of hydrogen-bond acceptors (Lipinski definition) is 4. The third kappa shape index (κ3) is 3.95. The molecular weight excluding hydrogens is 318 g/mol. The molecule has 2 amide bonds. The number of amides is 2. The van der Waals surface area contributed by atoms with E-state index < -0.39 is 5.91 Å². The first kappa shape index (κ1) is 17.7. The van der Waals surface area contributed by atoms with Crippen molar-refractivity contribution in [1.29, 1.82) is 0 Å². The second-order valence-electron chi connectivity index (χ2n) is 6.83.